The predicted octanol–water partition coefficient (Wildman–Crippen LogP) is 4.83. The fraction of sp³-hybridized carbons (Fsp3) is 0.571. The van der Waals surface area contributed by atoms with Crippen molar-refractivity contribution in [1.29, 1.82) is 0 Å². The lowest BCUT2D eigenvalue weighted by Gasteiger charge is -2.43. The van der Waals surface area contributed by atoms with Gasteiger partial charge in [-0.15, -0.1) is 15.3 Å². The minimum absolute atomic E-state index is 0.481. The Morgan fingerprint density at radius 1 is 1.00 bits per heavy atom. The van der Waals surface area contributed by atoms with Gasteiger partial charge in [0.2, 0.25) is 0 Å². The van der Waals surface area contributed by atoms with Crippen LogP contribution in [0, 0.1) is 0 Å². The number of halogens is 1. The molecule has 0 aliphatic carbocycles. The van der Waals surface area contributed by atoms with Crippen molar-refractivity contribution in [2.75, 3.05) is 0 Å². The molecule has 0 nitrogen and oxygen atoms in total. The molecule has 1 unspecified atom stereocenters. The van der Waals surface area contributed by atoms with E-state index in [0.29, 0.717) is 5.04 Å². The summed E-state index contributed by atoms with van der Waals surface area (Å²) in [6.07, 6.45) is 3.80. The third-order valence-corrected chi connectivity index (χ3v) is 12.7. The van der Waals surface area contributed by atoms with Crippen molar-refractivity contribution in [3.8, 4) is 0 Å². The molecule has 0 aromatic heterocycles. The summed E-state index contributed by atoms with van der Waals surface area (Å²) in [4.78, 5) is 0. The molecule has 0 saturated heterocycles. The van der Waals surface area contributed by atoms with E-state index in [-0.39, 0.29) is 0 Å². The molecule has 0 amide bonds. The van der Waals surface area contributed by atoms with Crippen molar-refractivity contribution in [1.82, 2.24) is 0 Å². The lowest BCUT2D eigenvalue weighted by Crippen LogP contribution is -2.49. The van der Waals surface area contributed by atoms with E-state index in [1.807, 2.05) is 0 Å². The van der Waals surface area contributed by atoms with Gasteiger partial charge in [-0.25, -0.2) is 0 Å². The van der Waals surface area contributed by atoms with Gasteiger partial charge in [0.25, 0.3) is 0 Å². The van der Waals surface area contributed by atoms with Crippen LogP contribution in [0.5, 0.6) is 0 Å². The minimum Gasteiger partial charge on any atom is -0.120 e. The average molecular weight is 299 g/mol. The Labute approximate surface area is 109 Å². The van der Waals surface area contributed by atoms with Crippen molar-refractivity contribution in [2.45, 2.75) is 51.6 Å². The fourth-order valence-corrected chi connectivity index (χ4v) is 9.54. The number of rotatable bonds is 5. The van der Waals surface area contributed by atoms with Crippen LogP contribution >= 0.6 is 15.3 Å². The highest BCUT2D eigenvalue weighted by Crippen LogP contribution is 2.50. The third-order valence-electron chi connectivity index (χ3n) is 4.34. The lowest BCUT2D eigenvalue weighted by atomic mass is 9.99. The first-order valence-corrected chi connectivity index (χ1v) is 11.0. The second-order valence-electron chi connectivity index (χ2n) is 4.71. The smallest absolute Gasteiger partial charge is 0.120 e. The second-order valence-corrected chi connectivity index (χ2v) is 13.1. The van der Waals surface area contributed by atoms with Gasteiger partial charge in [-0.2, -0.15) is 0 Å². The van der Waals surface area contributed by atoms with Crippen LogP contribution in [0.3, 0.4) is 0 Å². The Kier molecular flexibility index (Phi) is 4.81. The molecule has 16 heavy (non-hydrogen) atoms. The van der Waals surface area contributed by atoms with Gasteiger partial charge in [-0.05, 0) is 10.2 Å². The van der Waals surface area contributed by atoms with E-state index in [0.717, 1.165) is 0 Å². The van der Waals surface area contributed by atoms with E-state index in [2.05, 4.69) is 72.9 Å². The van der Waals surface area contributed by atoms with Crippen LogP contribution in [0.4, 0.5) is 0 Å². The Morgan fingerprint density at radius 3 is 1.81 bits per heavy atom. The summed E-state index contributed by atoms with van der Waals surface area (Å²) in [6.45, 7) is 7.92. The van der Waals surface area contributed by atoms with E-state index in [1.54, 1.807) is 0 Å². The van der Waals surface area contributed by atoms with Gasteiger partial charge in [0, 0.05) is 0 Å². The van der Waals surface area contributed by atoms with Gasteiger partial charge in [-0.3, -0.25) is 0 Å². The van der Waals surface area contributed by atoms with Gasteiger partial charge in [0.05, 0.1) is 0 Å². The normalized spacial score (nSPS) is 15.8. The summed E-state index contributed by atoms with van der Waals surface area (Å²) in [7, 11) is 0. The molecule has 1 aromatic carbocycles. The molecular weight excluding hydrogens is 276 g/mol. The van der Waals surface area contributed by atoms with Crippen LogP contribution in [-0.4, -0.2) is 6.69 Å². The van der Waals surface area contributed by atoms with E-state index in [1.165, 1.54) is 24.4 Å². The van der Waals surface area contributed by atoms with Gasteiger partial charge < -0.3 is 0 Å². The third kappa shape index (κ3) is 2.28. The molecule has 0 heterocycles. The highest BCUT2D eigenvalue weighted by Gasteiger charge is 2.45. The topological polar surface area (TPSA) is 0 Å². The van der Waals surface area contributed by atoms with Crippen LogP contribution < -0.4 is 5.19 Å². The highest BCUT2D eigenvalue weighted by molar-refractivity contribution is 9.26. The zero-order valence-electron chi connectivity index (χ0n) is 10.9. The number of hydrogen-bond donors (Lipinski definition) is 0. The van der Waals surface area contributed by atoms with Crippen LogP contribution in [-0.2, 0) is 0 Å². The quantitative estimate of drug-likeness (QED) is 0.539. The first-order chi connectivity index (χ1) is 7.54. The maximum atomic E-state index is 4.13. The summed E-state index contributed by atoms with van der Waals surface area (Å²) < 4.78 is 0. The Bertz CT molecular complexity index is 307. The molecule has 0 spiro atoms. The molecule has 1 rings (SSSR count). The first kappa shape index (κ1) is 14.0. The molecule has 2 heteroatoms. The molecule has 0 aliphatic rings. The van der Waals surface area contributed by atoms with Crippen molar-refractivity contribution >= 4 is 27.2 Å². The van der Waals surface area contributed by atoms with Crippen molar-refractivity contribution in [2.24, 2.45) is 0 Å². The molecule has 0 bridgehead atoms. The van der Waals surface area contributed by atoms with Gasteiger partial charge in [-0.1, -0.05) is 76.9 Å². The van der Waals surface area contributed by atoms with E-state index in [4.69, 9.17) is 0 Å². The second kappa shape index (κ2) is 5.50. The van der Waals surface area contributed by atoms with Gasteiger partial charge in [0.1, 0.15) is 0 Å². The van der Waals surface area contributed by atoms with Gasteiger partial charge in [0.15, 0.2) is 6.69 Å². The largest absolute Gasteiger partial charge is 0.163 e. The standard InChI is InChI=1S/C14H23BrSi/c1-5-14(6-2,7-3)16(4,15)13-11-9-8-10-12-13/h8-12H,5-7H2,1-4H3. The molecule has 0 fully saturated rings. The van der Waals surface area contributed by atoms with Crippen LogP contribution in [0.15, 0.2) is 30.3 Å². The molecule has 1 atom stereocenters. The molecular formula is C14H23BrSi. The average Bonchev–Trinajstić information content (AvgIpc) is 2.33. The minimum atomic E-state index is -1.55. The molecule has 0 N–H and O–H groups in total. The number of hydrogen-bond acceptors (Lipinski definition) is 0. The summed E-state index contributed by atoms with van der Waals surface area (Å²) in [5, 5.41) is 2.01. The molecule has 90 valence electrons. The Morgan fingerprint density at radius 2 is 1.44 bits per heavy atom. The maximum absolute atomic E-state index is 4.13. The molecule has 1 aromatic rings. The Hall–Kier alpha value is -0.0831. The van der Waals surface area contributed by atoms with E-state index in [9.17, 15) is 0 Å². The summed E-state index contributed by atoms with van der Waals surface area (Å²) >= 11 is 4.13. The first-order valence-electron chi connectivity index (χ1n) is 6.28. The van der Waals surface area contributed by atoms with E-state index < -0.39 is 6.69 Å². The maximum Gasteiger partial charge on any atom is 0.163 e. The van der Waals surface area contributed by atoms with Crippen molar-refractivity contribution in [3.05, 3.63) is 30.3 Å². The van der Waals surface area contributed by atoms with E-state index >= 15 is 0 Å². The summed E-state index contributed by atoms with van der Waals surface area (Å²) in [5.74, 6) is 0. The molecule has 0 saturated carbocycles. The Balaban J connectivity index is 3.18. The summed E-state index contributed by atoms with van der Waals surface area (Å²) in [6, 6.07) is 11.0. The monoisotopic (exact) mass is 298 g/mol. The lowest BCUT2D eigenvalue weighted by molar-refractivity contribution is 0.489. The zero-order chi connectivity index (χ0) is 12.2. The highest BCUT2D eigenvalue weighted by atomic mass is 79.9. The molecule has 0 aliphatic heterocycles. The van der Waals surface area contributed by atoms with Crippen LogP contribution in [0.2, 0.25) is 11.6 Å². The van der Waals surface area contributed by atoms with Crippen molar-refractivity contribution < 1.29 is 0 Å². The predicted molar refractivity (Wildman–Crippen MR) is 80.2 cm³/mol. The van der Waals surface area contributed by atoms with Crippen LogP contribution in [0.25, 0.3) is 0 Å². The van der Waals surface area contributed by atoms with Crippen molar-refractivity contribution in [3.63, 3.8) is 0 Å². The van der Waals surface area contributed by atoms with Gasteiger partial charge >= 0.3 is 0 Å². The fourth-order valence-electron chi connectivity index (χ4n) is 2.80. The SMILES string of the molecule is CCC(CC)(CC)[Si](C)(Br)c1ccccc1. The zero-order valence-corrected chi connectivity index (χ0v) is 13.5. The number of benzene rings is 1. The summed E-state index contributed by atoms with van der Waals surface area (Å²) in [5.41, 5.74) is 0. The van der Waals surface area contributed by atoms with Crippen LogP contribution in [0.1, 0.15) is 40.0 Å². The molecule has 0 radical (unpaired) electrons.